The van der Waals surface area contributed by atoms with Crippen LogP contribution in [0.15, 0.2) is 30.5 Å². The van der Waals surface area contributed by atoms with Gasteiger partial charge >= 0.3 is 0 Å². The zero-order valence-electron chi connectivity index (χ0n) is 6.49. The molecule has 0 atom stereocenters. The third-order valence-electron chi connectivity index (χ3n) is 1.90. The van der Waals surface area contributed by atoms with Gasteiger partial charge in [-0.2, -0.15) is 0 Å². The molecule has 2 nitrogen and oxygen atoms in total. The van der Waals surface area contributed by atoms with E-state index in [-0.39, 0.29) is 0 Å². The number of allylic oxidation sites excluding steroid dienone is 1. The van der Waals surface area contributed by atoms with Crippen LogP contribution in [0.5, 0.6) is 0 Å². The smallest absolute Gasteiger partial charge is 0.153 e. The van der Waals surface area contributed by atoms with E-state index >= 15 is 0 Å². The van der Waals surface area contributed by atoms with Gasteiger partial charge in [0, 0.05) is 0 Å². The Morgan fingerprint density at radius 1 is 1.33 bits per heavy atom. The van der Waals surface area contributed by atoms with Gasteiger partial charge in [-0.15, -0.1) is 0 Å². The molecule has 0 aliphatic carbocycles. The van der Waals surface area contributed by atoms with Crippen molar-refractivity contribution in [3.8, 4) is 0 Å². The van der Waals surface area contributed by atoms with Crippen LogP contribution in [0.4, 0.5) is 0 Å². The maximum Gasteiger partial charge on any atom is 0.153 e. The highest BCUT2D eigenvalue weighted by Crippen LogP contribution is 2.22. The summed E-state index contributed by atoms with van der Waals surface area (Å²) in [4.78, 5) is 10.6. The van der Waals surface area contributed by atoms with Gasteiger partial charge in [0.2, 0.25) is 0 Å². The van der Waals surface area contributed by atoms with Gasteiger partial charge in [-0.3, -0.25) is 4.79 Å². The number of aldehydes is 1. The fourth-order valence-corrected chi connectivity index (χ4v) is 1.30. The Kier molecular flexibility index (Phi) is 1.67. The van der Waals surface area contributed by atoms with E-state index < -0.39 is 0 Å². The Labute approximate surface area is 70.5 Å². The first-order valence-electron chi connectivity index (χ1n) is 3.77. The molecule has 0 bridgehead atoms. The largest absolute Gasteiger partial charge is 0.496 e. The minimum absolute atomic E-state index is 0.563. The van der Waals surface area contributed by atoms with Gasteiger partial charge < -0.3 is 4.74 Å². The molecule has 0 unspecified atom stereocenters. The van der Waals surface area contributed by atoms with Crippen molar-refractivity contribution >= 4 is 11.9 Å². The zero-order chi connectivity index (χ0) is 8.39. The summed E-state index contributed by atoms with van der Waals surface area (Å²) in [5, 5.41) is 0. The molecule has 0 N–H and O–H groups in total. The molecular weight excluding hydrogens is 152 g/mol. The highest BCUT2D eigenvalue weighted by atomic mass is 16.5. The average molecular weight is 160 g/mol. The minimum Gasteiger partial charge on any atom is -0.496 e. The third-order valence-corrected chi connectivity index (χ3v) is 1.90. The summed E-state index contributed by atoms with van der Waals surface area (Å²) < 4.78 is 5.11. The molecule has 1 aliphatic rings. The fourth-order valence-electron chi connectivity index (χ4n) is 1.30. The first-order chi connectivity index (χ1) is 5.92. The fraction of sp³-hybridized carbons (Fsp3) is 0.100. The first kappa shape index (κ1) is 7.10. The molecule has 0 saturated heterocycles. The van der Waals surface area contributed by atoms with E-state index in [9.17, 15) is 4.79 Å². The summed E-state index contributed by atoms with van der Waals surface area (Å²) >= 11 is 0. The standard InChI is InChI=1S/C10H8O2/c11-5-9-7-12-6-8-3-1-2-4-10(8)9/h1-5,7H,6H2. The SMILES string of the molecule is O=CC1=COCc2ccccc21. The normalized spacial score (nSPS) is 14.2. The van der Waals surface area contributed by atoms with Crippen LogP contribution in [0, 0.1) is 0 Å². The lowest BCUT2D eigenvalue weighted by Gasteiger charge is -2.13. The van der Waals surface area contributed by atoms with Gasteiger partial charge in [-0.1, -0.05) is 24.3 Å². The predicted molar refractivity (Wildman–Crippen MR) is 45.3 cm³/mol. The van der Waals surface area contributed by atoms with Crippen LogP contribution in [0.1, 0.15) is 11.1 Å². The van der Waals surface area contributed by atoms with Crippen LogP contribution in [0.25, 0.3) is 5.57 Å². The van der Waals surface area contributed by atoms with Gasteiger partial charge in [0.15, 0.2) is 6.29 Å². The van der Waals surface area contributed by atoms with Gasteiger partial charge in [0.25, 0.3) is 0 Å². The monoisotopic (exact) mass is 160 g/mol. The molecule has 0 amide bonds. The molecule has 60 valence electrons. The number of benzene rings is 1. The molecular formula is C10H8O2. The van der Waals surface area contributed by atoms with Crippen LogP contribution in [-0.4, -0.2) is 6.29 Å². The van der Waals surface area contributed by atoms with Crippen molar-refractivity contribution in [2.24, 2.45) is 0 Å². The number of fused-ring (bicyclic) bond motifs is 1. The molecule has 0 spiro atoms. The van der Waals surface area contributed by atoms with Crippen molar-refractivity contribution in [1.29, 1.82) is 0 Å². The Balaban J connectivity index is 2.55. The third kappa shape index (κ3) is 1.01. The Bertz CT molecular complexity index is 339. The lowest BCUT2D eigenvalue weighted by molar-refractivity contribution is -0.103. The minimum atomic E-state index is 0.563. The zero-order valence-corrected chi connectivity index (χ0v) is 6.49. The van der Waals surface area contributed by atoms with E-state index in [0.717, 1.165) is 17.4 Å². The quantitative estimate of drug-likeness (QED) is 0.585. The molecule has 1 aromatic carbocycles. The summed E-state index contributed by atoms with van der Waals surface area (Å²) in [5.74, 6) is 0. The Morgan fingerprint density at radius 3 is 3.00 bits per heavy atom. The van der Waals surface area contributed by atoms with Crippen LogP contribution in [0.2, 0.25) is 0 Å². The number of carbonyl (C=O) groups is 1. The lowest BCUT2D eigenvalue weighted by atomic mass is 10.0. The number of hydrogen-bond donors (Lipinski definition) is 0. The second-order valence-electron chi connectivity index (χ2n) is 2.66. The Hall–Kier alpha value is -1.57. The first-order valence-corrected chi connectivity index (χ1v) is 3.77. The van der Waals surface area contributed by atoms with Gasteiger partial charge in [-0.25, -0.2) is 0 Å². The molecule has 0 saturated carbocycles. The van der Waals surface area contributed by atoms with Crippen molar-refractivity contribution in [2.75, 3.05) is 0 Å². The number of ether oxygens (including phenoxy) is 1. The summed E-state index contributed by atoms with van der Waals surface area (Å²) in [6, 6.07) is 7.75. The highest BCUT2D eigenvalue weighted by molar-refractivity contribution is 6.07. The van der Waals surface area contributed by atoms with Gasteiger partial charge in [0.05, 0.1) is 11.8 Å². The second kappa shape index (κ2) is 2.81. The number of hydrogen-bond acceptors (Lipinski definition) is 2. The second-order valence-corrected chi connectivity index (χ2v) is 2.66. The van der Waals surface area contributed by atoms with Crippen LogP contribution in [0.3, 0.4) is 0 Å². The van der Waals surface area contributed by atoms with E-state index in [1.54, 1.807) is 0 Å². The van der Waals surface area contributed by atoms with Crippen molar-refractivity contribution in [1.82, 2.24) is 0 Å². The maximum absolute atomic E-state index is 10.6. The van der Waals surface area contributed by atoms with E-state index in [0.29, 0.717) is 12.2 Å². The summed E-state index contributed by atoms with van der Waals surface area (Å²) in [6.07, 6.45) is 2.33. The van der Waals surface area contributed by atoms with Crippen molar-refractivity contribution < 1.29 is 9.53 Å². The van der Waals surface area contributed by atoms with Crippen molar-refractivity contribution in [3.05, 3.63) is 41.7 Å². The van der Waals surface area contributed by atoms with Crippen LogP contribution < -0.4 is 0 Å². The van der Waals surface area contributed by atoms with E-state index in [1.165, 1.54) is 6.26 Å². The van der Waals surface area contributed by atoms with Crippen molar-refractivity contribution in [3.63, 3.8) is 0 Å². The summed E-state index contributed by atoms with van der Waals surface area (Å²) in [7, 11) is 0. The molecule has 1 aliphatic heterocycles. The summed E-state index contributed by atoms with van der Waals surface area (Å²) in [6.45, 7) is 0.563. The van der Waals surface area contributed by atoms with Crippen LogP contribution >= 0.6 is 0 Å². The molecule has 1 heterocycles. The van der Waals surface area contributed by atoms with E-state index in [4.69, 9.17) is 4.74 Å². The molecule has 1 aromatic rings. The molecule has 0 aromatic heterocycles. The topological polar surface area (TPSA) is 26.3 Å². The maximum atomic E-state index is 10.6. The highest BCUT2D eigenvalue weighted by Gasteiger charge is 2.10. The average Bonchev–Trinajstić information content (AvgIpc) is 2.17. The van der Waals surface area contributed by atoms with Crippen LogP contribution in [-0.2, 0) is 16.1 Å². The molecule has 0 radical (unpaired) electrons. The number of rotatable bonds is 1. The Morgan fingerprint density at radius 2 is 2.17 bits per heavy atom. The van der Waals surface area contributed by atoms with Gasteiger partial charge in [-0.05, 0) is 11.1 Å². The van der Waals surface area contributed by atoms with E-state index in [1.807, 2.05) is 24.3 Å². The van der Waals surface area contributed by atoms with E-state index in [2.05, 4.69) is 0 Å². The molecule has 12 heavy (non-hydrogen) atoms. The molecule has 2 heteroatoms. The number of carbonyl (C=O) groups excluding carboxylic acids is 1. The molecule has 2 rings (SSSR count). The molecule has 0 fully saturated rings. The summed E-state index contributed by atoms with van der Waals surface area (Å²) in [5.41, 5.74) is 2.68. The predicted octanol–water partition coefficient (Wildman–Crippen LogP) is 1.76. The van der Waals surface area contributed by atoms with Gasteiger partial charge in [0.1, 0.15) is 6.61 Å². The van der Waals surface area contributed by atoms with Crippen molar-refractivity contribution in [2.45, 2.75) is 6.61 Å². The lowest BCUT2D eigenvalue weighted by Crippen LogP contribution is -2.01.